The van der Waals surface area contributed by atoms with E-state index in [1.54, 1.807) is 0 Å². The van der Waals surface area contributed by atoms with Crippen molar-refractivity contribution >= 4 is 0 Å². The molecule has 0 bridgehead atoms. The smallest absolute Gasteiger partial charge is 0.0804 e. The van der Waals surface area contributed by atoms with Crippen LogP contribution in [0.15, 0.2) is 0 Å². The van der Waals surface area contributed by atoms with Gasteiger partial charge in [0.25, 0.3) is 0 Å². The summed E-state index contributed by atoms with van der Waals surface area (Å²) in [6.45, 7) is 12.4. The molecule has 0 aromatic carbocycles. The van der Waals surface area contributed by atoms with Crippen molar-refractivity contribution in [3.8, 4) is 0 Å². The molecule has 2 atom stereocenters. The zero-order valence-corrected chi connectivity index (χ0v) is 10.5. The fourth-order valence-electron chi connectivity index (χ4n) is 1.53. The molecule has 2 nitrogen and oxygen atoms in total. The Morgan fingerprint density at radius 2 is 0.929 bits per heavy atom. The molecule has 0 aromatic rings. The van der Waals surface area contributed by atoms with E-state index in [2.05, 4.69) is 41.5 Å². The van der Waals surface area contributed by atoms with Crippen LogP contribution in [0, 0.1) is 10.8 Å². The SMILES string of the molecule is CC(C)(C)CC(O)C(O)CC(C)(C)C. The highest BCUT2D eigenvalue weighted by atomic mass is 16.3. The molecule has 0 saturated heterocycles. The van der Waals surface area contributed by atoms with Crippen molar-refractivity contribution in [3.05, 3.63) is 0 Å². The summed E-state index contributed by atoms with van der Waals surface area (Å²) in [5.41, 5.74) is 0.135. The van der Waals surface area contributed by atoms with E-state index in [0.717, 1.165) is 0 Å². The maximum Gasteiger partial charge on any atom is 0.0804 e. The monoisotopic (exact) mass is 202 g/mol. The van der Waals surface area contributed by atoms with Crippen molar-refractivity contribution in [2.24, 2.45) is 10.8 Å². The van der Waals surface area contributed by atoms with Crippen LogP contribution in [-0.4, -0.2) is 22.4 Å². The molecule has 0 aliphatic heterocycles. The van der Waals surface area contributed by atoms with Crippen molar-refractivity contribution in [2.45, 2.75) is 66.6 Å². The average Bonchev–Trinajstić information content (AvgIpc) is 1.78. The Hall–Kier alpha value is -0.0800. The first-order valence-corrected chi connectivity index (χ1v) is 5.37. The third-order valence-electron chi connectivity index (χ3n) is 2.09. The van der Waals surface area contributed by atoms with Gasteiger partial charge in [-0.1, -0.05) is 41.5 Å². The van der Waals surface area contributed by atoms with Gasteiger partial charge in [-0.3, -0.25) is 0 Å². The maximum atomic E-state index is 9.77. The normalized spacial score (nSPS) is 18.0. The summed E-state index contributed by atoms with van der Waals surface area (Å²) in [6.07, 6.45) is 0.0811. The topological polar surface area (TPSA) is 40.5 Å². The van der Waals surface area contributed by atoms with Crippen LogP contribution in [-0.2, 0) is 0 Å². The number of hydrogen-bond donors (Lipinski definition) is 2. The molecule has 2 unspecified atom stereocenters. The average molecular weight is 202 g/mol. The van der Waals surface area contributed by atoms with Crippen molar-refractivity contribution in [3.63, 3.8) is 0 Å². The molecule has 0 spiro atoms. The standard InChI is InChI=1S/C12H26O2/c1-11(2,3)7-9(13)10(14)8-12(4,5)6/h9-10,13-14H,7-8H2,1-6H3. The van der Waals surface area contributed by atoms with Crippen molar-refractivity contribution in [1.82, 2.24) is 0 Å². The van der Waals surface area contributed by atoms with E-state index in [1.807, 2.05) is 0 Å². The van der Waals surface area contributed by atoms with Gasteiger partial charge < -0.3 is 10.2 Å². The fraction of sp³-hybridized carbons (Fsp3) is 1.00. The van der Waals surface area contributed by atoms with E-state index in [-0.39, 0.29) is 10.8 Å². The second-order valence-corrected chi connectivity index (χ2v) is 6.66. The molecule has 0 aliphatic carbocycles. The van der Waals surface area contributed by atoms with Gasteiger partial charge in [0.05, 0.1) is 12.2 Å². The van der Waals surface area contributed by atoms with Crippen LogP contribution < -0.4 is 0 Å². The van der Waals surface area contributed by atoms with E-state index < -0.39 is 12.2 Å². The number of hydrogen-bond acceptors (Lipinski definition) is 2. The van der Waals surface area contributed by atoms with E-state index in [1.165, 1.54) is 0 Å². The molecule has 0 amide bonds. The largest absolute Gasteiger partial charge is 0.390 e. The van der Waals surface area contributed by atoms with Gasteiger partial charge in [0.15, 0.2) is 0 Å². The van der Waals surface area contributed by atoms with E-state index in [4.69, 9.17) is 0 Å². The van der Waals surface area contributed by atoms with Gasteiger partial charge >= 0.3 is 0 Å². The summed E-state index contributed by atoms with van der Waals surface area (Å²) >= 11 is 0. The van der Waals surface area contributed by atoms with E-state index in [9.17, 15) is 10.2 Å². The number of aliphatic hydroxyl groups excluding tert-OH is 2. The third kappa shape index (κ3) is 7.34. The molecular weight excluding hydrogens is 176 g/mol. The Morgan fingerprint density at radius 1 is 0.714 bits per heavy atom. The summed E-state index contributed by atoms with van der Waals surface area (Å²) in [5, 5.41) is 19.5. The van der Waals surface area contributed by atoms with Gasteiger partial charge in [-0.2, -0.15) is 0 Å². The molecule has 2 N–H and O–H groups in total. The van der Waals surface area contributed by atoms with E-state index in [0.29, 0.717) is 12.8 Å². The van der Waals surface area contributed by atoms with Crippen LogP contribution in [0.1, 0.15) is 54.4 Å². The lowest BCUT2D eigenvalue weighted by Gasteiger charge is -2.29. The first-order chi connectivity index (χ1) is 6.01. The first-order valence-electron chi connectivity index (χ1n) is 5.37. The molecule has 86 valence electrons. The van der Waals surface area contributed by atoms with Gasteiger partial charge in [-0.05, 0) is 23.7 Å². The van der Waals surface area contributed by atoms with Crippen LogP contribution in [0.25, 0.3) is 0 Å². The van der Waals surface area contributed by atoms with Crippen LogP contribution in [0.3, 0.4) is 0 Å². The summed E-state index contributed by atoms with van der Waals surface area (Å²) in [4.78, 5) is 0. The minimum Gasteiger partial charge on any atom is -0.390 e. The molecule has 0 fully saturated rings. The van der Waals surface area contributed by atoms with Crippen LogP contribution in [0.5, 0.6) is 0 Å². The molecule has 0 radical (unpaired) electrons. The lowest BCUT2D eigenvalue weighted by molar-refractivity contribution is -0.0230. The molecular formula is C12H26O2. The van der Waals surface area contributed by atoms with Gasteiger partial charge in [0, 0.05) is 0 Å². The fourth-order valence-corrected chi connectivity index (χ4v) is 1.53. The van der Waals surface area contributed by atoms with Gasteiger partial charge in [-0.15, -0.1) is 0 Å². The Labute approximate surface area is 88.3 Å². The van der Waals surface area contributed by atoms with Crippen molar-refractivity contribution in [1.29, 1.82) is 0 Å². The second kappa shape index (κ2) is 4.63. The summed E-state index contributed by atoms with van der Waals surface area (Å²) in [5.74, 6) is 0. The van der Waals surface area contributed by atoms with Gasteiger partial charge in [0.2, 0.25) is 0 Å². The second-order valence-electron chi connectivity index (χ2n) is 6.66. The summed E-state index contributed by atoms with van der Waals surface area (Å²) in [7, 11) is 0. The lowest BCUT2D eigenvalue weighted by atomic mass is 9.82. The molecule has 2 heteroatoms. The first kappa shape index (κ1) is 13.9. The van der Waals surface area contributed by atoms with Gasteiger partial charge in [-0.25, -0.2) is 0 Å². The Bertz CT molecular complexity index is 142. The highest BCUT2D eigenvalue weighted by Crippen LogP contribution is 2.27. The maximum absolute atomic E-state index is 9.77. The molecule has 0 rings (SSSR count). The molecule has 0 aromatic heterocycles. The molecule has 0 heterocycles. The third-order valence-corrected chi connectivity index (χ3v) is 2.09. The zero-order valence-electron chi connectivity index (χ0n) is 10.5. The summed E-state index contributed by atoms with van der Waals surface area (Å²) in [6, 6.07) is 0. The Balaban J connectivity index is 4.07. The van der Waals surface area contributed by atoms with Crippen LogP contribution >= 0.6 is 0 Å². The number of rotatable bonds is 3. The highest BCUT2D eigenvalue weighted by molar-refractivity contribution is 4.78. The quantitative estimate of drug-likeness (QED) is 0.738. The summed E-state index contributed by atoms with van der Waals surface area (Å²) < 4.78 is 0. The lowest BCUT2D eigenvalue weighted by Crippen LogP contribution is -2.33. The zero-order chi connectivity index (χ0) is 11.6. The number of aliphatic hydroxyl groups is 2. The minimum atomic E-state index is -0.603. The van der Waals surface area contributed by atoms with Crippen LogP contribution in [0.4, 0.5) is 0 Å². The van der Waals surface area contributed by atoms with Crippen LogP contribution in [0.2, 0.25) is 0 Å². The molecule has 14 heavy (non-hydrogen) atoms. The van der Waals surface area contributed by atoms with Crippen molar-refractivity contribution < 1.29 is 10.2 Å². The van der Waals surface area contributed by atoms with Gasteiger partial charge in [0.1, 0.15) is 0 Å². The minimum absolute atomic E-state index is 0.0677. The predicted octanol–water partition coefficient (Wildman–Crippen LogP) is 2.58. The Morgan fingerprint density at radius 3 is 1.07 bits per heavy atom. The molecule has 0 aliphatic rings. The Kier molecular flexibility index (Phi) is 4.60. The molecule has 0 saturated carbocycles. The highest BCUT2D eigenvalue weighted by Gasteiger charge is 2.26. The van der Waals surface area contributed by atoms with Crippen molar-refractivity contribution in [2.75, 3.05) is 0 Å². The van der Waals surface area contributed by atoms with E-state index >= 15 is 0 Å². The predicted molar refractivity (Wildman–Crippen MR) is 60.2 cm³/mol.